The van der Waals surface area contributed by atoms with E-state index in [1.165, 1.54) is 4.90 Å². The van der Waals surface area contributed by atoms with Crippen LogP contribution in [0.2, 0.25) is 0 Å². The first-order chi connectivity index (χ1) is 12.9. The molecule has 1 aromatic heterocycles. The Morgan fingerprint density at radius 3 is 2.74 bits per heavy atom. The van der Waals surface area contributed by atoms with E-state index in [9.17, 15) is 14.4 Å². The number of hydrogen-bond donors (Lipinski definition) is 4. The van der Waals surface area contributed by atoms with E-state index in [1.54, 1.807) is 6.92 Å². The molecule has 2 aliphatic rings. The number of likely N-dealkylation sites (tertiary alicyclic amines) is 1. The zero-order valence-electron chi connectivity index (χ0n) is 14.8. The zero-order valence-corrected chi connectivity index (χ0v) is 14.8. The fourth-order valence-electron chi connectivity index (χ4n) is 3.37. The van der Waals surface area contributed by atoms with E-state index in [4.69, 9.17) is 5.11 Å². The first-order valence-corrected chi connectivity index (χ1v) is 8.95. The number of carbonyl (C=O) groups is 3. The van der Waals surface area contributed by atoms with Crippen molar-refractivity contribution in [3.63, 3.8) is 0 Å². The quantitative estimate of drug-likeness (QED) is 0.614. The Hall–Kier alpha value is -3.10. The second-order valence-corrected chi connectivity index (χ2v) is 7.21. The standard InChI is InChI=1S/C18H21N5O4/c1-9(16(24)20-10-7-23(8-10)18(26)27)19-17(25)12-6-11(12)15-21-13-4-2-3-5-14(13)22-15/h2-5,9-12H,6-8H2,1H3,(H,19,25)(H,20,24)(H,21,22)(H,26,27)/t9?,11-,12-/m1/s1. The number of carboxylic acid groups (broad SMARTS) is 1. The Kier molecular flexibility index (Phi) is 4.21. The van der Waals surface area contributed by atoms with Crippen LogP contribution in [-0.2, 0) is 9.59 Å². The third-order valence-corrected chi connectivity index (χ3v) is 5.14. The number of aromatic nitrogens is 2. The molecule has 4 N–H and O–H groups in total. The second kappa shape index (κ2) is 6.57. The van der Waals surface area contributed by atoms with Crippen LogP contribution in [0.1, 0.15) is 25.1 Å². The van der Waals surface area contributed by atoms with Gasteiger partial charge in [0, 0.05) is 24.9 Å². The van der Waals surface area contributed by atoms with Crippen molar-refractivity contribution in [3.8, 4) is 0 Å². The number of fused-ring (bicyclic) bond motifs is 1. The summed E-state index contributed by atoms with van der Waals surface area (Å²) in [5.41, 5.74) is 1.82. The lowest BCUT2D eigenvalue weighted by Gasteiger charge is -2.37. The van der Waals surface area contributed by atoms with Gasteiger partial charge in [-0.15, -0.1) is 0 Å². The molecule has 1 unspecified atom stereocenters. The molecule has 3 atom stereocenters. The number of carbonyl (C=O) groups excluding carboxylic acids is 2. The normalized spacial score (nSPS) is 22.8. The average Bonchev–Trinajstić information content (AvgIpc) is 3.28. The lowest BCUT2D eigenvalue weighted by atomic mass is 10.1. The molecular formula is C18H21N5O4. The molecule has 1 saturated carbocycles. The second-order valence-electron chi connectivity index (χ2n) is 7.21. The number of hydrogen-bond acceptors (Lipinski definition) is 4. The van der Waals surface area contributed by atoms with Gasteiger partial charge in [0.2, 0.25) is 11.8 Å². The number of aromatic amines is 1. The van der Waals surface area contributed by atoms with E-state index in [-0.39, 0.29) is 42.8 Å². The summed E-state index contributed by atoms with van der Waals surface area (Å²) in [6, 6.07) is 6.85. The highest BCUT2D eigenvalue weighted by atomic mass is 16.4. The number of para-hydroxylation sites is 2. The average molecular weight is 371 g/mol. The van der Waals surface area contributed by atoms with E-state index in [0.717, 1.165) is 16.9 Å². The van der Waals surface area contributed by atoms with Crippen molar-refractivity contribution in [1.82, 2.24) is 25.5 Å². The summed E-state index contributed by atoms with van der Waals surface area (Å²) < 4.78 is 0. The van der Waals surface area contributed by atoms with Crippen LogP contribution in [-0.4, -0.2) is 63.1 Å². The largest absolute Gasteiger partial charge is 0.465 e. The van der Waals surface area contributed by atoms with Crippen molar-refractivity contribution in [2.24, 2.45) is 5.92 Å². The number of nitrogens with one attached hydrogen (secondary N) is 3. The molecule has 142 valence electrons. The fraction of sp³-hybridized carbons (Fsp3) is 0.444. The van der Waals surface area contributed by atoms with Gasteiger partial charge in [-0.25, -0.2) is 9.78 Å². The lowest BCUT2D eigenvalue weighted by Crippen LogP contribution is -2.62. The van der Waals surface area contributed by atoms with Crippen molar-refractivity contribution in [3.05, 3.63) is 30.1 Å². The maximum Gasteiger partial charge on any atom is 0.407 e. The minimum Gasteiger partial charge on any atom is -0.465 e. The van der Waals surface area contributed by atoms with Gasteiger partial charge in [-0.05, 0) is 25.5 Å². The van der Waals surface area contributed by atoms with Gasteiger partial charge in [0.1, 0.15) is 11.9 Å². The van der Waals surface area contributed by atoms with Crippen LogP contribution in [0.4, 0.5) is 4.79 Å². The third-order valence-electron chi connectivity index (χ3n) is 5.14. The van der Waals surface area contributed by atoms with Crippen LogP contribution in [0.5, 0.6) is 0 Å². The predicted molar refractivity (Wildman–Crippen MR) is 96.1 cm³/mol. The van der Waals surface area contributed by atoms with Crippen LogP contribution in [0.3, 0.4) is 0 Å². The molecule has 0 bridgehead atoms. The van der Waals surface area contributed by atoms with Crippen LogP contribution in [0.25, 0.3) is 11.0 Å². The minimum absolute atomic E-state index is 0.0448. The maximum atomic E-state index is 12.4. The third kappa shape index (κ3) is 3.44. The SMILES string of the molecule is CC(NC(=O)[C@@H]1C[C@H]1c1nc2ccccc2[nH]1)C(=O)NC1CN(C(=O)O)C1. The number of rotatable bonds is 5. The Bertz CT molecular complexity index is 871. The molecule has 1 aromatic carbocycles. The highest BCUT2D eigenvalue weighted by molar-refractivity contribution is 5.90. The fourth-order valence-corrected chi connectivity index (χ4v) is 3.37. The van der Waals surface area contributed by atoms with Crippen LogP contribution >= 0.6 is 0 Å². The molecule has 1 aliphatic carbocycles. The molecule has 2 heterocycles. The van der Waals surface area contributed by atoms with Crippen molar-refractivity contribution < 1.29 is 19.5 Å². The molecule has 9 nitrogen and oxygen atoms in total. The molecule has 2 fully saturated rings. The molecule has 1 aliphatic heterocycles. The number of amides is 3. The van der Waals surface area contributed by atoms with Crippen LogP contribution < -0.4 is 10.6 Å². The number of H-pyrrole nitrogens is 1. The van der Waals surface area contributed by atoms with Crippen molar-refractivity contribution in [2.75, 3.05) is 13.1 Å². The van der Waals surface area contributed by atoms with Gasteiger partial charge >= 0.3 is 6.09 Å². The Morgan fingerprint density at radius 1 is 1.30 bits per heavy atom. The molecule has 4 rings (SSSR count). The highest BCUT2D eigenvalue weighted by Gasteiger charge is 2.46. The Labute approximate surface area is 155 Å². The minimum atomic E-state index is -0.993. The van der Waals surface area contributed by atoms with E-state index in [2.05, 4.69) is 20.6 Å². The molecule has 3 amide bonds. The van der Waals surface area contributed by atoms with Crippen LogP contribution in [0.15, 0.2) is 24.3 Å². The monoisotopic (exact) mass is 371 g/mol. The Morgan fingerprint density at radius 2 is 2.04 bits per heavy atom. The van der Waals surface area contributed by atoms with Crippen molar-refractivity contribution in [2.45, 2.75) is 31.3 Å². The molecule has 27 heavy (non-hydrogen) atoms. The van der Waals surface area contributed by atoms with Gasteiger partial charge in [0.05, 0.1) is 17.1 Å². The van der Waals surface area contributed by atoms with Gasteiger partial charge in [-0.1, -0.05) is 12.1 Å². The van der Waals surface area contributed by atoms with Gasteiger partial charge in [-0.2, -0.15) is 0 Å². The van der Waals surface area contributed by atoms with E-state index >= 15 is 0 Å². The smallest absolute Gasteiger partial charge is 0.407 e. The molecule has 0 spiro atoms. The zero-order chi connectivity index (χ0) is 19.1. The molecule has 1 saturated heterocycles. The molecule has 0 radical (unpaired) electrons. The predicted octanol–water partition coefficient (Wildman–Crippen LogP) is 0.650. The van der Waals surface area contributed by atoms with E-state index < -0.39 is 12.1 Å². The summed E-state index contributed by atoms with van der Waals surface area (Å²) in [6.45, 7) is 2.18. The van der Waals surface area contributed by atoms with Crippen molar-refractivity contribution >= 4 is 28.9 Å². The van der Waals surface area contributed by atoms with Crippen molar-refractivity contribution in [1.29, 1.82) is 0 Å². The topological polar surface area (TPSA) is 127 Å². The van der Waals surface area contributed by atoms with Gasteiger partial charge in [-0.3, -0.25) is 9.59 Å². The summed E-state index contributed by atoms with van der Waals surface area (Å²) in [5.74, 6) is 0.190. The van der Waals surface area contributed by atoms with Gasteiger partial charge in [0.15, 0.2) is 0 Å². The van der Waals surface area contributed by atoms with Gasteiger partial charge in [0.25, 0.3) is 0 Å². The summed E-state index contributed by atoms with van der Waals surface area (Å²) >= 11 is 0. The number of imidazole rings is 1. The molecule has 9 heteroatoms. The van der Waals surface area contributed by atoms with E-state index in [1.807, 2.05) is 24.3 Å². The maximum absolute atomic E-state index is 12.4. The summed E-state index contributed by atoms with van der Waals surface area (Å²) in [4.78, 5) is 44.3. The summed E-state index contributed by atoms with van der Waals surface area (Å²) in [6.07, 6.45) is -0.289. The molecular weight excluding hydrogens is 350 g/mol. The van der Waals surface area contributed by atoms with Crippen LogP contribution in [0, 0.1) is 5.92 Å². The summed E-state index contributed by atoms with van der Waals surface area (Å²) in [5, 5.41) is 14.3. The summed E-state index contributed by atoms with van der Waals surface area (Å²) in [7, 11) is 0. The Balaban J connectivity index is 1.27. The van der Waals surface area contributed by atoms with E-state index in [0.29, 0.717) is 6.42 Å². The first-order valence-electron chi connectivity index (χ1n) is 8.95. The first kappa shape index (κ1) is 17.3. The van der Waals surface area contributed by atoms with Gasteiger partial charge < -0.3 is 25.6 Å². The number of benzene rings is 1. The highest BCUT2D eigenvalue weighted by Crippen LogP contribution is 2.46. The molecule has 2 aromatic rings. The number of nitrogens with zero attached hydrogens (tertiary/aromatic N) is 2. The lowest BCUT2D eigenvalue weighted by molar-refractivity contribution is -0.130.